The molecule has 9 nitrogen and oxygen atoms in total. The number of sulfonamides is 1. The summed E-state index contributed by atoms with van der Waals surface area (Å²) in [5.74, 6) is -0.962. The molecule has 0 fully saturated rings. The van der Waals surface area contributed by atoms with Crippen molar-refractivity contribution in [2.24, 2.45) is 0 Å². The van der Waals surface area contributed by atoms with Gasteiger partial charge in [0.05, 0.1) is 11.3 Å². The molecule has 0 aliphatic rings. The minimum atomic E-state index is -3.97. The van der Waals surface area contributed by atoms with Crippen molar-refractivity contribution in [3.63, 3.8) is 0 Å². The van der Waals surface area contributed by atoms with E-state index >= 15 is 0 Å². The molecule has 0 saturated heterocycles. The van der Waals surface area contributed by atoms with Crippen molar-refractivity contribution in [1.29, 1.82) is 0 Å². The Morgan fingerprint density at radius 3 is 2.03 bits per heavy atom. The van der Waals surface area contributed by atoms with E-state index in [4.69, 9.17) is 26.4 Å². The lowest BCUT2D eigenvalue weighted by atomic mass is 10.1. The fourth-order valence-corrected chi connectivity index (χ4v) is 3.79. The van der Waals surface area contributed by atoms with Crippen LogP contribution in [0, 0.1) is 6.92 Å². The Balaban J connectivity index is 3.04. The average Bonchev–Trinajstić information content (AvgIpc) is 2.64. The van der Waals surface area contributed by atoms with Gasteiger partial charge in [-0.05, 0) is 79.4 Å². The zero-order valence-corrected chi connectivity index (χ0v) is 22.6. The maximum Gasteiger partial charge on any atom is 0.408 e. The minimum absolute atomic E-state index is 0.0356. The molecule has 0 aromatic heterocycles. The summed E-state index contributed by atoms with van der Waals surface area (Å²) in [5.41, 5.74) is -0.659. The number of nitrogens with one attached hydrogen (secondary N) is 1. The number of aryl methyl sites for hydroxylation is 1. The molecule has 1 rings (SSSR count). The first-order valence-electron chi connectivity index (χ1n) is 10.5. The molecule has 34 heavy (non-hydrogen) atoms. The van der Waals surface area contributed by atoms with Gasteiger partial charge in [-0.25, -0.2) is 17.5 Å². The first-order chi connectivity index (χ1) is 15.3. The highest BCUT2D eigenvalue weighted by Crippen LogP contribution is 2.20. The van der Waals surface area contributed by atoms with Crippen LogP contribution in [-0.4, -0.2) is 54.1 Å². The first-order valence-corrected chi connectivity index (χ1v) is 12.3. The number of hydrogen-bond acceptors (Lipinski definition) is 8. The van der Waals surface area contributed by atoms with Crippen LogP contribution in [0.3, 0.4) is 0 Å². The van der Waals surface area contributed by atoms with E-state index in [9.17, 15) is 18.0 Å². The molecule has 0 saturated carbocycles. The number of thiocarbonyl (C=S) groups is 1. The second kappa shape index (κ2) is 11.2. The lowest BCUT2D eigenvalue weighted by molar-refractivity contribution is -0.155. The lowest BCUT2D eigenvalue weighted by Crippen LogP contribution is -2.46. The van der Waals surface area contributed by atoms with Gasteiger partial charge in [0.2, 0.25) is 5.88 Å². The normalized spacial score (nSPS) is 12.8. The Morgan fingerprint density at radius 2 is 1.56 bits per heavy atom. The smallest absolute Gasteiger partial charge is 0.408 e. The zero-order valence-electron chi connectivity index (χ0n) is 20.9. The molecule has 1 aromatic carbocycles. The molecule has 0 aliphatic carbocycles. The predicted octanol–water partition coefficient (Wildman–Crippen LogP) is 4.06. The largest absolute Gasteiger partial charge is 0.460 e. The van der Waals surface area contributed by atoms with Gasteiger partial charge in [0, 0.05) is 7.05 Å². The van der Waals surface area contributed by atoms with Gasteiger partial charge >= 0.3 is 12.1 Å². The molecule has 0 bridgehead atoms. The van der Waals surface area contributed by atoms with E-state index in [1.54, 1.807) is 53.7 Å². The molecule has 1 amide bonds. The molecule has 1 aromatic rings. The summed E-state index contributed by atoms with van der Waals surface area (Å²) >= 11 is 5.26. The van der Waals surface area contributed by atoms with E-state index in [1.165, 1.54) is 19.2 Å². The van der Waals surface area contributed by atoms with Crippen molar-refractivity contribution in [1.82, 2.24) is 9.62 Å². The van der Waals surface area contributed by atoms with Gasteiger partial charge in [-0.3, -0.25) is 4.79 Å². The van der Waals surface area contributed by atoms with Crippen molar-refractivity contribution >= 4 is 39.4 Å². The van der Waals surface area contributed by atoms with Crippen LogP contribution in [0.5, 0.6) is 0 Å². The zero-order chi connectivity index (χ0) is 26.5. The highest BCUT2D eigenvalue weighted by molar-refractivity contribution is 7.89. The molecular weight excluding hydrogens is 480 g/mol. The monoisotopic (exact) mass is 514 g/mol. The van der Waals surface area contributed by atoms with E-state index in [0.717, 1.165) is 9.87 Å². The number of carbonyl (C=O) groups is 2. The minimum Gasteiger partial charge on any atom is -0.460 e. The van der Waals surface area contributed by atoms with Crippen molar-refractivity contribution in [2.75, 3.05) is 7.05 Å². The van der Waals surface area contributed by atoms with Crippen LogP contribution in [0.1, 0.15) is 53.5 Å². The van der Waals surface area contributed by atoms with Crippen LogP contribution in [0.25, 0.3) is 0 Å². The number of ether oxygens (including phenoxy) is 3. The SMILES string of the molecule is C=C(OC(=S)[C@H](CC(=O)OC(C)(C)C)NC(=O)OC(C)(C)C)N(C)S(=O)(=O)c1ccc(C)cc1. The lowest BCUT2D eigenvalue weighted by Gasteiger charge is -2.27. The molecule has 1 atom stereocenters. The van der Waals surface area contributed by atoms with E-state index in [2.05, 4.69) is 11.9 Å². The van der Waals surface area contributed by atoms with Gasteiger partial charge in [0.1, 0.15) is 17.2 Å². The van der Waals surface area contributed by atoms with Crippen LogP contribution in [0.15, 0.2) is 41.6 Å². The van der Waals surface area contributed by atoms with Crippen LogP contribution in [0.4, 0.5) is 4.79 Å². The quantitative estimate of drug-likeness (QED) is 0.314. The van der Waals surface area contributed by atoms with Gasteiger partial charge in [-0.1, -0.05) is 17.7 Å². The third-order valence-corrected chi connectivity index (χ3v) is 6.18. The van der Waals surface area contributed by atoms with Gasteiger partial charge in [-0.15, -0.1) is 0 Å². The van der Waals surface area contributed by atoms with Gasteiger partial charge in [0.25, 0.3) is 10.0 Å². The molecule has 0 aliphatic heterocycles. The fourth-order valence-electron chi connectivity index (χ4n) is 2.45. The Labute approximate surface area is 207 Å². The molecule has 0 heterocycles. The van der Waals surface area contributed by atoms with E-state index < -0.39 is 39.3 Å². The van der Waals surface area contributed by atoms with Gasteiger partial charge in [0.15, 0.2) is 5.05 Å². The topological polar surface area (TPSA) is 111 Å². The summed E-state index contributed by atoms with van der Waals surface area (Å²) in [7, 11) is -2.72. The molecule has 0 spiro atoms. The maximum absolute atomic E-state index is 12.9. The number of rotatable bonds is 8. The number of carbonyl (C=O) groups excluding carboxylic acids is 2. The van der Waals surface area contributed by atoms with E-state index in [-0.39, 0.29) is 22.3 Å². The number of alkyl carbamates (subject to hydrolysis) is 1. The molecule has 0 radical (unpaired) electrons. The highest BCUT2D eigenvalue weighted by Gasteiger charge is 2.30. The number of esters is 1. The third kappa shape index (κ3) is 9.68. The van der Waals surface area contributed by atoms with E-state index in [0.29, 0.717) is 0 Å². The third-order valence-electron chi connectivity index (χ3n) is 4.02. The summed E-state index contributed by atoms with van der Waals surface area (Å²) in [6.07, 6.45) is -1.20. The highest BCUT2D eigenvalue weighted by atomic mass is 32.2. The van der Waals surface area contributed by atoms with Crippen LogP contribution in [-0.2, 0) is 29.0 Å². The van der Waals surface area contributed by atoms with E-state index in [1.807, 2.05) is 6.92 Å². The Morgan fingerprint density at radius 1 is 1.06 bits per heavy atom. The summed E-state index contributed by atoms with van der Waals surface area (Å²) in [6, 6.07) is 5.10. The summed E-state index contributed by atoms with van der Waals surface area (Å²) < 4.78 is 42.6. The molecule has 1 N–H and O–H groups in total. The van der Waals surface area contributed by atoms with Crippen LogP contribution in [0.2, 0.25) is 0 Å². The van der Waals surface area contributed by atoms with Crippen molar-refractivity contribution in [3.05, 3.63) is 42.3 Å². The number of amides is 1. The summed E-state index contributed by atoms with van der Waals surface area (Å²) in [5, 5.41) is 2.19. The second-order valence-electron chi connectivity index (χ2n) is 9.59. The molecule has 190 valence electrons. The second-order valence-corrected chi connectivity index (χ2v) is 12.0. The Kier molecular flexibility index (Phi) is 9.66. The van der Waals surface area contributed by atoms with Crippen molar-refractivity contribution < 1.29 is 32.2 Å². The Hall–Kier alpha value is -2.66. The van der Waals surface area contributed by atoms with Crippen LogP contribution < -0.4 is 5.32 Å². The van der Waals surface area contributed by atoms with Gasteiger partial charge < -0.3 is 19.5 Å². The maximum atomic E-state index is 12.9. The number of nitrogens with zero attached hydrogens (tertiary/aromatic N) is 1. The Bertz CT molecular complexity index is 991. The predicted molar refractivity (Wildman–Crippen MR) is 133 cm³/mol. The molecule has 0 unspecified atom stereocenters. The fraction of sp³-hybridized carbons (Fsp3) is 0.522. The molecule has 11 heteroatoms. The van der Waals surface area contributed by atoms with Crippen molar-refractivity contribution in [3.8, 4) is 0 Å². The van der Waals surface area contributed by atoms with Crippen LogP contribution >= 0.6 is 12.2 Å². The standard InChI is InChI=1S/C23H34N2O7S2/c1-15-10-12-17(13-11-15)34(28,29)25(9)16(2)30-20(33)18(14-19(26)31-22(3,4)5)24-21(27)32-23(6,7)8/h10-13,18H,2,14H2,1,3-9H3,(H,24,27)/t18-/m0/s1. The summed E-state index contributed by atoms with van der Waals surface area (Å²) in [6.45, 7) is 15.6. The number of hydrogen-bond donors (Lipinski definition) is 1. The molecular formula is C23H34N2O7S2. The average molecular weight is 515 g/mol. The van der Waals surface area contributed by atoms with Crippen molar-refractivity contribution in [2.45, 2.75) is 77.0 Å². The summed E-state index contributed by atoms with van der Waals surface area (Å²) in [4.78, 5) is 24.7. The number of benzene rings is 1. The van der Waals surface area contributed by atoms with Gasteiger partial charge in [-0.2, -0.15) is 0 Å². The first kappa shape index (κ1) is 29.4.